The highest BCUT2D eigenvalue weighted by atomic mass is 32.1. The van der Waals surface area contributed by atoms with Crippen LogP contribution in [0.2, 0.25) is 0 Å². The van der Waals surface area contributed by atoms with Crippen LogP contribution in [0.4, 0.5) is 5.00 Å². The molecule has 0 saturated carbocycles. The van der Waals surface area contributed by atoms with Crippen molar-refractivity contribution in [3.63, 3.8) is 0 Å². The summed E-state index contributed by atoms with van der Waals surface area (Å²) in [6, 6.07) is 5.73. The number of hydrogen-bond donors (Lipinski definition) is 2. The van der Waals surface area contributed by atoms with E-state index in [0.29, 0.717) is 30.1 Å². The van der Waals surface area contributed by atoms with Gasteiger partial charge < -0.3 is 15.3 Å². The molecule has 3 rings (SSSR count). The molecule has 9 heteroatoms. The molecule has 2 aromatic heterocycles. The first-order valence-electron chi connectivity index (χ1n) is 8.91. The van der Waals surface area contributed by atoms with E-state index in [0.717, 1.165) is 16.0 Å². The summed E-state index contributed by atoms with van der Waals surface area (Å²) >= 11 is 1.27. The second kappa shape index (κ2) is 9.12. The number of carbonyl (C=O) groups is 3. The number of nitriles is 1. The molecule has 0 atom stereocenters. The van der Waals surface area contributed by atoms with Gasteiger partial charge >= 0.3 is 5.97 Å². The number of nitrogens with one attached hydrogen (secondary N) is 1. The molecule has 0 unspecified atom stereocenters. The molecule has 0 aromatic carbocycles. The Morgan fingerprint density at radius 3 is 2.90 bits per heavy atom. The molecule has 0 spiro atoms. The maximum Gasteiger partial charge on any atom is 0.303 e. The van der Waals surface area contributed by atoms with Crippen LogP contribution in [0.1, 0.15) is 34.4 Å². The zero-order valence-electron chi connectivity index (χ0n) is 15.4. The summed E-state index contributed by atoms with van der Waals surface area (Å²) in [7, 11) is 0. The molecule has 8 nitrogen and oxygen atoms in total. The number of fused-ring (bicyclic) bond motifs is 1. The number of rotatable bonds is 6. The summed E-state index contributed by atoms with van der Waals surface area (Å²) in [4.78, 5) is 41.5. The second-order valence-corrected chi connectivity index (χ2v) is 7.49. The van der Waals surface area contributed by atoms with E-state index in [-0.39, 0.29) is 24.7 Å². The minimum absolute atomic E-state index is 0.0517. The molecule has 2 amide bonds. The van der Waals surface area contributed by atoms with Crippen molar-refractivity contribution in [1.82, 2.24) is 9.88 Å². The van der Waals surface area contributed by atoms with Gasteiger partial charge in [-0.2, -0.15) is 5.26 Å². The molecule has 29 heavy (non-hydrogen) atoms. The Morgan fingerprint density at radius 1 is 1.38 bits per heavy atom. The third-order valence-corrected chi connectivity index (χ3v) is 5.55. The van der Waals surface area contributed by atoms with Gasteiger partial charge in [-0.1, -0.05) is 6.07 Å². The second-order valence-electron chi connectivity index (χ2n) is 6.39. The standard InChI is InChI=1S/C20H18N4O4S/c21-10-15-14-7-9-24(18(26)5-6-19(27)28)12-16(14)29-20(15)23-17(25)4-3-13-2-1-8-22-11-13/h1-4,8,11H,5-7,9,12H2,(H,23,25)(H,27,28). The summed E-state index contributed by atoms with van der Waals surface area (Å²) in [6.07, 6.45) is 6.51. The van der Waals surface area contributed by atoms with Crippen molar-refractivity contribution in [2.75, 3.05) is 11.9 Å². The van der Waals surface area contributed by atoms with Crippen LogP contribution in [0.15, 0.2) is 30.6 Å². The molecule has 3 heterocycles. The molecule has 0 radical (unpaired) electrons. The maximum absolute atomic E-state index is 12.2. The Bertz CT molecular complexity index is 1010. The van der Waals surface area contributed by atoms with Crippen molar-refractivity contribution < 1.29 is 19.5 Å². The summed E-state index contributed by atoms with van der Waals surface area (Å²) in [5.41, 5.74) is 2.04. The largest absolute Gasteiger partial charge is 0.481 e. The molecule has 0 fully saturated rings. The van der Waals surface area contributed by atoms with Gasteiger partial charge in [-0.25, -0.2) is 0 Å². The summed E-state index contributed by atoms with van der Waals surface area (Å²) in [6.45, 7) is 0.736. The first-order valence-corrected chi connectivity index (χ1v) is 9.73. The third kappa shape index (κ3) is 5.06. The van der Waals surface area contributed by atoms with Crippen molar-refractivity contribution in [3.05, 3.63) is 52.2 Å². The smallest absolute Gasteiger partial charge is 0.303 e. The number of thiophene rings is 1. The molecule has 0 bridgehead atoms. The van der Waals surface area contributed by atoms with Crippen LogP contribution in [-0.2, 0) is 27.3 Å². The number of hydrogen-bond acceptors (Lipinski definition) is 6. The average Bonchev–Trinajstić information content (AvgIpc) is 3.07. The number of aromatic nitrogens is 1. The number of pyridine rings is 1. The molecule has 2 aromatic rings. The molecule has 0 aliphatic carbocycles. The maximum atomic E-state index is 12.2. The summed E-state index contributed by atoms with van der Waals surface area (Å²) in [5, 5.41) is 21.5. The van der Waals surface area contributed by atoms with Crippen LogP contribution in [0, 0.1) is 11.3 Å². The monoisotopic (exact) mass is 410 g/mol. The van der Waals surface area contributed by atoms with Crippen LogP contribution in [0.25, 0.3) is 6.08 Å². The number of carboxylic acid groups (broad SMARTS) is 1. The normalized spacial score (nSPS) is 13.0. The van der Waals surface area contributed by atoms with Gasteiger partial charge in [0.05, 0.1) is 18.5 Å². The lowest BCUT2D eigenvalue weighted by atomic mass is 10.0. The fraction of sp³-hybridized carbons (Fsp3) is 0.250. The number of carbonyl (C=O) groups excluding carboxylic acids is 2. The van der Waals surface area contributed by atoms with Gasteiger partial charge in [-0.15, -0.1) is 11.3 Å². The Hall–Kier alpha value is -3.51. The molecule has 0 saturated heterocycles. The van der Waals surface area contributed by atoms with Crippen molar-refractivity contribution in [2.45, 2.75) is 25.8 Å². The lowest BCUT2D eigenvalue weighted by molar-refractivity contribution is -0.141. The van der Waals surface area contributed by atoms with Gasteiger partial charge in [0.15, 0.2) is 0 Å². The quantitative estimate of drug-likeness (QED) is 0.705. The van der Waals surface area contributed by atoms with Crippen molar-refractivity contribution in [2.24, 2.45) is 0 Å². The number of nitrogens with zero attached hydrogens (tertiary/aromatic N) is 3. The van der Waals surface area contributed by atoms with E-state index in [1.54, 1.807) is 29.4 Å². The Kier molecular flexibility index (Phi) is 6.36. The predicted molar refractivity (Wildman–Crippen MR) is 107 cm³/mol. The molecular weight excluding hydrogens is 392 g/mol. The fourth-order valence-electron chi connectivity index (χ4n) is 2.99. The van der Waals surface area contributed by atoms with E-state index in [1.807, 2.05) is 6.07 Å². The van der Waals surface area contributed by atoms with E-state index >= 15 is 0 Å². The zero-order chi connectivity index (χ0) is 20.8. The third-order valence-electron chi connectivity index (χ3n) is 4.42. The van der Waals surface area contributed by atoms with Crippen molar-refractivity contribution in [3.8, 4) is 6.07 Å². The number of aliphatic carboxylic acids is 1. The first kappa shape index (κ1) is 20.2. The Balaban J connectivity index is 1.70. The van der Waals surface area contributed by atoms with E-state index in [4.69, 9.17) is 5.11 Å². The minimum atomic E-state index is -1.01. The van der Waals surface area contributed by atoms with Crippen LogP contribution < -0.4 is 5.32 Å². The lowest BCUT2D eigenvalue weighted by Gasteiger charge is -2.26. The SMILES string of the molecule is N#Cc1c(NC(=O)C=Cc2cccnc2)sc2c1CCN(C(=O)CCC(=O)O)C2. The number of carboxylic acids is 1. The average molecular weight is 410 g/mol. The van der Waals surface area contributed by atoms with Gasteiger partial charge in [0, 0.05) is 36.3 Å². The van der Waals surface area contributed by atoms with E-state index in [9.17, 15) is 19.6 Å². The van der Waals surface area contributed by atoms with E-state index < -0.39 is 5.97 Å². The van der Waals surface area contributed by atoms with Gasteiger partial charge in [0.2, 0.25) is 11.8 Å². The van der Waals surface area contributed by atoms with E-state index in [1.165, 1.54) is 17.4 Å². The van der Waals surface area contributed by atoms with Crippen LogP contribution in [0.3, 0.4) is 0 Å². The van der Waals surface area contributed by atoms with Crippen LogP contribution in [0.5, 0.6) is 0 Å². The Labute approximate surface area is 171 Å². The number of amides is 2. The van der Waals surface area contributed by atoms with Gasteiger partial charge in [-0.05, 0) is 29.7 Å². The molecule has 2 N–H and O–H groups in total. The summed E-state index contributed by atoms with van der Waals surface area (Å²) in [5.74, 6) is -1.60. The lowest BCUT2D eigenvalue weighted by Crippen LogP contribution is -2.35. The highest BCUT2D eigenvalue weighted by Gasteiger charge is 2.27. The number of anilines is 1. The molecule has 1 aliphatic heterocycles. The van der Waals surface area contributed by atoms with Crippen molar-refractivity contribution >= 4 is 40.2 Å². The topological polar surface area (TPSA) is 123 Å². The zero-order valence-corrected chi connectivity index (χ0v) is 16.2. The highest BCUT2D eigenvalue weighted by molar-refractivity contribution is 7.16. The van der Waals surface area contributed by atoms with Gasteiger partial charge in [-0.3, -0.25) is 19.4 Å². The van der Waals surface area contributed by atoms with Crippen molar-refractivity contribution in [1.29, 1.82) is 5.26 Å². The molecular formula is C20H18N4O4S. The van der Waals surface area contributed by atoms with Gasteiger partial charge in [0.25, 0.3) is 0 Å². The van der Waals surface area contributed by atoms with E-state index in [2.05, 4.69) is 16.4 Å². The predicted octanol–water partition coefficient (Wildman–Crippen LogP) is 2.42. The minimum Gasteiger partial charge on any atom is -0.481 e. The van der Waals surface area contributed by atoms with Crippen LogP contribution >= 0.6 is 11.3 Å². The fourth-order valence-corrected chi connectivity index (χ4v) is 4.21. The first-order chi connectivity index (χ1) is 14.0. The Morgan fingerprint density at radius 2 is 2.21 bits per heavy atom. The van der Waals surface area contributed by atoms with Crippen LogP contribution in [-0.4, -0.2) is 39.3 Å². The molecule has 1 aliphatic rings. The molecule has 148 valence electrons. The van der Waals surface area contributed by atoms with Gasteiger partial charge in [0.1, 0.15) is 11.1 Å². The summed E-state index contributed by atoms with van der Waals surface area (Å²) < 4.78 is 0. The highest BCUT2D eigenvalue weighted by Crippen LogP contribution is 2.36.